The van der Waals surface area contributed by atoms with Crippen molar-refractivity contribution < 1.29 is 17.9 Å². The van der Waals surface area contributed by atoms with E-state index in [0.717, 1.165) is 19.1 Å². The molecule has 1 N–H and O–H groups in total. The summed E-state index contributed by atoms with van der Waals surface area (Å²) in [7, 11) is -3.29. The summed E-state index contributed by atoms with van der Waals surface area (Å²) < 4.78 is 30.0. The summed E-state index contributed by atoms with van der Waals surface area (Å²) in [6.07, 6.45) is 5.81. The van der Waals surface area contributed by atoms with Crippen LogP contribution in [0.25, 0.3) is 0 Å². The third-order valence-electron chi connectivity index (χ3n) is 4.30. The summed E-state index contributed by atoms with van der Waals surface area (Å²) in [5.74, 6) is 1.44. The first kappa shape index (κ1) is 14.4. The highest BCUT2D eigenvalue weighted by molar-refractivity contribution is 7.92. The van der Waals surface area contributed by atoms with Crippen LogP contribution >= 0.6 is 0 Å². The number of carbonyl (C=O) groups excluding carboxylic acids is 1. The molecular formula is C15H19NO4S. The molecule has 1 aromatic rings. The van der Waals surface area contributed by atoms with E-state index < -0.39 is 10.0 Å². The van der Waals surface area contributed by atoms with Crippen LogP contribution in [0.2, 0.25) is 0 Å². The predicted molar refractivity (Wildman–Crippen MR) is 79.5 cm³/mol. The Morgan fingerprint density at radius 2 is 1.71 bits per heavy atom. The monoisotopic (exact) mass is 309 g/mol. The number of ether oxygens (including phenoxy) is 1. The molecule has 0 aromatic heterocycles. The van der Waals surface area contributed by atoms with Gasteiger partial charge in [-0.25, -0.2) is 8.42 Å². The van der Waals surface area contributed by atoms with Crippen LogP contribution in [0, 0.1) is 17.8 Å². The maximum absolute atomic E-state index is 12.1. The maximum atomic E-state index is 12.1. The quantitative estimate of drug-likeness (QED) is 0.685. The summed E-state index contributed by atoms with van der Waals surface area (Å²) in [5, 5.41) is 0. The molecule has 3 rings (SSSR count). The van der Waals surface area contributed by atoms with Gasteiger partial charge in [0.15, 0.2) is 0 Å². The van der Waals surface area contributed by atoms with Gasteiger partial charge in [-0.1, -0.05) is 12.8 Å². The molecule has 0 spiro atoms. The molecule has 2 atom stereocenters. The first-order valence-corrected chi connectivity index (χ1v) is 9.13. The van der Waals surface area contributed by atoms with Crippen molar-refractivity contribution in [2.75, 3.05) is 11.0 Å². The molecule has 0 amide bonds. The van der Waals surface area contributed by atoms with Crippen molar-refractivity contribution in [2.24, 2.45) is 17.8 Å². The van der Waals surface area contributed by atoms with E-state index in [1.807, 2.05) is 0 Å². The van der Waals surface area contributed by atoms with E-state index in [1.165, 1.54) is 12.8 Å². The van der Waals surface area contributed by atoms with Gasteiger partial charge in [0.25, 0.3) is 0 Å². The molecule has 6 heteroatoms. The van der Waals surface area contributed by atoms with E-state index in [1.54, 1.807) is 24.3 Å². The average Bonchev–Trinajstić information content (AvgIpc) is 3.13. The third kappa shape index (κ3) is 3.37. The molecule has 2 aliphatic carbocycles. The number of anilines is 1. The largest absolute Gasteiger partial charge is 0.426 e. The van der Waals surface area contributed by atoms with Gasteiger partial charge < -0.3 is 4.74 Å². The zero-order valence-electron chi connectivity index (χ0n) is 11.9. The van der Waals surface area contributed by atoms with Crippen molar-refractivity contribution >= 4 is 21.7 Å². The fourth-order valence-corrected chi connectivity index (χ4v) is 3.90. The van der Waals surface area contributed by atoms with Gasteiger partial charge in [-0.05, 0) is 48.9 Å². The number of rotatable bonds is 4. The number of esters is 1. The van der Waals surface area contributed by atoms with Gasteiger partial charge in [0.05, 0.1) is 12.2 Å². The van der Waals surface area contributed by atoms with E-state index in [0.29, 0.717) is 23.3 Å². The first-order chi connectivity index (χ1) is 9.94. The predicted octanol–water partition coefficient (Wildman–Crippen LogP) is 2.40. The third-order valence-corrected chi connectivity index (χ3v) is 4.91. The smallest absolute Gasteiger partial charge is 0.314 e. The van der Waals surface area contributed by atoms with Gasteiger partial charge in [-0.3, -0.25) is 9.52 Å². The van der Waals surface area contributed by atoms with Gasteiger partial charge in [0.2, 0.25) is 10.0 Å². The molecule has 2 saturated carbocycles. The number of hydrogen-bond donors (Lipinski definition) is 1. The van der Waals surface area contributed by atoms with Crippen LogP contribution in [-0.4, -0.2) is 20.6 Å². The van der Waals surface area contributed by atoms with Crippen molar-refractivity contribution in [3.8, 4) is 5.75 Å². The number of benzene rings is 1. The Labute approximate surface area is 124 Å². The molecule has 2 aliphatic rings. The van der Waals surface area contributed by atoms with Crippen LogP contribution in [0.4, 0.5) is 5.69 Å². The van der Waals surface area contributed by atoms with Crippen LogP contribution in [-0.2, 0) is 14.8 Å². The highest BCUT2D eigenvalue weighted by Gasteiger charge is 2.55. The highest BCUT2D eigenvalue weighted by Crippen LogP contribution is 2.55. The van der Waals surface area contributed by atoms with Crippen LogP contribution in [0.5, 0.6) is 5.75 Å². The molecule has 0 heterocycles. The van der Waals surface area contributed by atoms with E-state index in [2.05, 4.69) is 4.72 Å². The summed E-state index contributed by atoms with van der Waals surface area (Å²) in [5.41, 5.74) is 0.456. The zero-order chi connectivity index (χ0) is 15.0. The molecule has 21 heavy (non-hydrogen) atoms. The minimum absolute atomic E-state index is 0.0707. The Bertz CT molecular complexity index is 626. The summed E-state index contributed by atoms with van der Waals surface area (Å²) >= 11 is 0. The van der Waals surface area contributed by atoms with Crippen molar-refractivity contribution in [3.05, 3.63) is 24.3 Å². The van der Waals surface area contributed by atoms with E-state index in [-0.39, 0.29) is 11.9 Å². The number of fused-ring (bicyclic) bond motifs is 1. The molecule has 0 bridgehead atoms. The van der Waals surface area contributed by atoms with Crippen LogP contribution < -0.4 is 9.46 Å². The molecule has 1 aromatic carbocycles. The molecule has 0 aliphatic heterocycles. The second-order valence-electron chi connectivity index (χ2n) is 5.96. The molecule has 0 radical (unpaired) electrons. The van der Waals surface area contributed by atoms with E-state index in [9.17, 15) is 13.2 Å². The summed E-state index contributed by atoms with van der Waals surface area (Å²) in [6, 6.07) is 6.39. The van der Waals surface area contributed by atoms with Crippen LogP contribution in [0.15, 0.2) is 24.3 Å². The van der Waals surface area contributed by atoms with Crippen molar-refractivity contribution in [1.82, 2.24) is 0 Å². The highest BCUT2D eigenvalue weighted by atomic mass is 32.2. The minimum atomic E-state index is -3.29. The molecule has 2 fully saturated rings. The van der Waals surface area contributed by atoms with Crippen LogP contribution in [0.3, 0.4) is 0 Å². The Balaban J connectivity index is 1.59. The molecule has 0 unspecified atom stereocenters. The van der Waals surface area contributed by atoms with Crippen LogP contribution in [0.1, 0.15) is 25.7 Å². The normalized spacial score (nSPS) is 27.6. The van der Waals surface area contributed by atoms with Crippen molar-refractivity contribution in [1.29, 1.82) is 0 Å². The fraction of sp³-hybridized carbons (Fsp3) is 0.533. The minimum Gasteiger partial charge on any atom is -0.426 e. The van der Waals surface area contributed by atoms with Gasteiger partial charge in [0, 0.05) is 5.69 Å². The van der Waals surface area contributed by atoms with Gasteiger partial charge >= 0.3 is 5.97 Å². The average molecular weight is 309 g/mol. The maximum Gasteiger partial charge on any atom is 0.314 e. The van der Waals surface area contributed by atoms with E-state index in [4.69, 9.17) is 4.74 Å². The molecular weight excluding hydrogens is 290 g/mol. The Morgan fingerprint density at radius 3 is 2.24 bits per heavy atom. The second kappa shape index (κ2) is 5.33. The molecule has 114 valence electrons. The molecule has 0 saturated heterocycles. The lowest BCUT2D eigenvalue weighted by molar-refractivity contribution is -0.136. The lowest BCUT2D eigenvalue weighted by atomic mass is 10.0. The number of sulfonamides is 1. The first-order valence-electron chi connectivity index (χ1n) is 7.23. The SMILES string of the molecule is CS(=O)(=O)Nc1ccc(OC(=O)C2[C@H]3CCCC[C@H]23)cc1. The number of hydrogen-bond acceptors (Lipinski definition) is 4. The number of nitrogens with one attached hydrogen (secondary N) is 1. The lowest BCUT2D eigenvalue weighted by Gasteiger charge is -2.06. The topological polar surface area (TPSA) is 72.5 Å². The summed E-state index contributed by atoms with van der Waals surface area (Å²) in [6.45, 7) is 0. The standard InChI is InChI=1S/C15H19NO4S/c1-21(18,19)16-10-6-8-11(9-7-10)20-15(17)14-12-4-2-3-5-13(12)14/h6-9,12-14,16H,2-5H2,1H3/t12-,13-/m0/s1. The fourth-order valence-electron chi connectivity index (χ4n) is 3.33. The van der Waals surface area contributed by atoms with Gasteiger partial charge in [-0.15, -0.1) is 0 Å². The molecule has 5 nitrogen and oxygen atoms in total. The van der Waals surface area contributed by atoms with Gasteiger partial charge in [-0.2, -0.15) is 0 Å². The lowest BCUT2D eigenvalue weighted by Crippen LogP contribution is -2.12. The van der Waals surface area contributed by atoms with Crippen molar-refractivity contribution in [2.45, 2.75) is 25.7 Å². The summed E-state index contributed by atoms with van der Waals surface area (Å²) in [4.78, 5) is 12.1. The second-order valence-corrected chi connectivity index (χ2v) is 7.71. The van der Waals surface area contributed by atoms with Gasteiger partial charge in [0.1, 0.15) is 5.75 Å². The number of carbonyl (C=O) groups is 1. The zero-order valence-corrected chi connectivity index (χ0v) is 12.7. The Hall–Kier alpha value is -1.56. The van der Waals surface area contributed by atoms with E-state index >= 15 is 0 Å². The van der Waals surface area contributed by atoms with Crippen molar-refractivity contribution in [3.63, 3.8) is 0 Å². The Morgan fingerprint density at radius 1 is 1.14 bits per heavy atom. The Kier molecular flexibility index (Phi) is 3.65.